The molecule has 4 aromatic rings. The molecule has 194 valence electrons. The van der Waals surface area contributed by atoms with Crippen LogP contribution in [-0.2, 0) is 6.54 Å². The second-order valence-corrected chi connectivity index (χ2v) is 9.29. The van der Waals surface area contributed by atoms with Gasteiger partial charge in [-0.25, -0.2) is 4.98 Å². The van der Waals surface area contributed by atoms with Crippen molar-refractivity contribution in [3.63, 3.8) is 0 Å². The Hall–Kier alpha value is -4.49. The third kappa shape index (κ3) is 6.25. The molecule has 38 heavy (non-hydrogen) atoms. The normalized spacial score (nSPS) is 10.7. The van der Waals surface area contributed by atoms with Gasteiger partial charge < -0.3 is 25.9 Å². The number of aromatic nitrogens is 1. The summed E-state index contributed by atoms with van der Waals surface area (Å²) in [6.45, 7) is 6.02. The molecule has 0 aliphatic heterocycles. The average Bonchev–Trinajstić information content (AvgIpc) is 2.92. The zero-order chi connectivity index (χ0) is 27.2. The molecule has 0 spiro atoms. The Morgan fingerprint density at radius 3 is 2.32 bits per heavy atom. The van der Waals surface area contributed by atoms with Gasteiger partial charge in [-0.2, -0.15) is 0 Å². The van der Waals surface area contributed by atoms with Crippen LogP contribution in [0.3, 0.4) is 0 Å². The summed E-state index contributed by atoms with van der Waals surface area (Å²) in [6.07, 6.45) is 0. The van der Waals surface area contributed by atoms with Crippen molar-refractivity contribution in [3.8, 4) is 17.0 Å². The number of aryl methyl sites for hydroxylation is 3. The highest BCUT2D eigenvalue weighted by molar-refractivity contribution is 6.05. The highest BCUT2D eigenvalue weighted by Crippen LogP contribution is 2.28. The lowest BCUT2D eigenvalue weighted by molar-refractivity contribution is 0.102. The highest BCUT2D eigenvalue weighted by Gasteiger charge is 2.14. The van der Waals surface area contributed by atoms with Gasteiger partial charge in [-0.15, -0.1) is 0 Å². The summed E-state index contributed by atoms with van der Waals surface area (Å²) < 4.78 is 5.23. The number of rotatable bonds is 9. The number of carbonyl (C=O) groups is 1. The third-order valence-corrected chi connectivity index (χ3v) is 6.25. The van der Waals surface area contributed by atoms with Gasteiger partial charge in [0.05, 0.1) is 25.1 Å². The van der Waals surface area contributed by atoms with Crippen LogP contribution < -0.4 is 15.4 Å². The molecular formula is C31H32N4O3. The van der Waals surface area contributed by atoms with Gasteiger partial charge in [0.1, 0.15) is 11.6 Å². The predicted octanol–water partition coefficient (Wildman–Crippen LogP) is 5.91. The lowest BCUT2D eigenvalue weighted by Gasteiger charge is -2.15. The van der Waals surface area contributed by atoms with E-state index in [9.17, 15) is 9.90 Å². The number of hydrogen-bond donors (Lipinski definition) is 4. The topological polar surface area (TPSA) is 107 Å². The van der Waals surface area contributed by atoms with Crippen molar-refractivity contribution in [2.75, 3.05) is 24.4 Å². The minimum absolute atomic E-state index is 0.0764. The number of hydrogen-bond acceptors (Lipinski definition) is 6. The summed E-state index contributed by atoms with van der Waals surface area (Å²) in [5.74, 6) is 1.10. The molecule has 1 aromatic heterocycles. The molecule has 0 radical (unpaired) electrons. The van der Waals surface area contributed by atoms with Crippen LogP contribution in [0.2, 0.25) is 0 Å². The Morgan fingerprint density at radius 2 is 1.66 bits per heavy atom. The van der Waals surface area contributed by atoms with Gasteiger partial charge in [-0.3, -0.25) is 4.79 Å². The molecule has 0 bridgehead atoms. The van der Waals surface area contributed by atoms with Crippen molar-refractivity contribution >= 4 is 23.1 Å². The summed E-state index contributed by atoms with van der Waals surface area (Å²) in [4.78, 5) is 17.7. The van der Waals surface area contributed by atoms with Gasteiger partial charge in [0.25, 0.3) is 5.91 Å². The largest absolute Gasteiger partial charge is 0.497 e. The molecule has 0 unspecified atom stereocenters. The Labute approximate surface area is 223 Å². The van der Waals surface area contributed by atoms with E-state index in [1.54, 1.807) is 13.2 Å². The van der Waals surface area contributed by atoms with Gasteiger partial charge in [-0.05, 0) is 80.4 Å². The van der Waals surface area contributed by atoms with E-state index in [1.165, 1.54) is 0 Å². The van der Waals surface area contributed by atoms with Crippen LogP contribution in [0.1, 0.15) is 38.2 Å². The number of aliphatic hydroxyl groups is 1. The fourth-order valence-electron chi connectivity index (χ4n) is 4.29. The van der Waals surface area contributed by atoms with Crippen LogP contribution in [0.5, 0.6) is 5.75 Å². The molecule has 0 fully saturated rings. The van der Waals surface area contributed by atoms with E-state index in [0.717, 1.165) is 33.6 Å². The Morgan fingerprint density at radius 1 is 0.947 bits per heavy atom. The zero-order valence-electron chi connectivity index (χ0n) is 22.1. The fraction of sp³-hybridized carbons (Fsp3) is 0.194. The van der Waals surface area contributed by atoms with Crippen LogP contribution in [0, 0.1) is 26.2 Å². The van der Waals surface area contributed by atoms with Gasteiger partial charge in [0, 0.05) is 28.9 Å². The number of nitrogens with zero attached hydrogens (tertiary/aromatic N) is 1. The molecule has 0 saturated carbocycles. The average molecular weight is 509 g/mol. The second-order valence-electron chi connectivity index (χ2n) is 9.29. The maximum atomic E-state index is 12.9. The zero-order valence-corrected chi connectivity index (χ0v) is 22.1. The third-order valence-electron chi connectivity index (χ3n) is 6.25. The maximum Gasteiger partial charge on any atom is 0.255 e. The highest BCUT2D eigenvalue weighted by atomic mass is 16.5. The van der Waals surface area contributed by atoms with Crippen molar-refractivity contribution in [3.05, 3.63) is 106 Å². The fourth-order valence-corrected chi connectivity index (χ4v) is 4.29. The first-order chi connectivity index (χ1) is 18.3. The Kier molecular flexibility index (Phi) is 8.19. The van der Waals surface area contributed by atoms with Gasteiger partial charge in [0.15, 0.2) is 0 Å². The summed E-state index contributed by atoms with van der Waals surface area (Å²) >= 11 is 0. The predicted molar refractivity (Wildman–Crippen MR) is 153 cm³/mol. The number of carbonyl (C=O) groups excluding carboxylic acids is 1. The number of methoxy groups -OCH3 is 1. The SMILES string of the molecule is COc1ccc(CNc2nc(-c3cc(NC(=O)c4cc(C)cc(C)c4)ccc3C)ccc2C(=N)CO)cc1. The molecule has 0 aliphatic carbocycles. The lowest BCUT2D eigenvalue weighted by atomic mass is 10.0. The second kappa shape index (κ2) is 11.7. The molecule has 3 aromatic carbocycles. The monoisotopic (exact) mass is 508 g/mol. The van der Waals surface area contributed by atoms with Gasteiger partial charge in [-0.1, -0.05) is 35.4 Å². The Bertz CT molecular complexity index is 1460. The smallest absolute Gasteiger partial charge is 0.255 e. The molecular weight excluding hydrogens is 476 g/mol. The minimum atomic E-state index is -0.392. The van der Waals surface area contributed by atoms with Gasteiger partial charge in [0.2, 0.25) is 0 Å². The molecule has 1 amide bonds. The van der Waals surface area contributed by atoms with Crippen molar-refractivity contribution < 1.29 is 14.6 Å². The van der Waals surface area contributed by atoms with E-state index in [4.69, 9.17) is 15.1 Å². The molecule has 4 rings (SSSR count). The van der Waals surface area contributed by atoms with E-state index in [-0.39, 0.29) is 11.6 Å². The molecule has 0 saturated heterocycles. The molecule has 7 heteroatoms. The van der Waals surface area contributed by atoms with Crippen molar-refractivity contribution in [1.29, 1.82) is 5.41 Å². The van der Waals surface area contributed by atoms with E-state index in [2.05, 4.69) is 10.6 Å². The number of ether oxygens (including phenoxy) is 1. The molecule has 0 atom stereocenters. The first kappa shape index (κ1) is 26.6. The number of nitrogens with one attached hydrogen (secondary N) is 3. The van der Waals surface area contributed by atoms with Crippen LogP contribution in [0.15, 0.2) is 72.8 Å². The quantitative estimate of drug-likeness (QED) is 0.210. The molecule has 4 N–H and O–H groups in total. The van der Waals surface area contributed by atoms with Crippen molar-refractivity contribution in [2.45, 2.75) is 27.3 Å². The van der Waals surface area contributed by atoms with Crippen LogP contribution in [0.25, 0.3) is 11.3 Å². The van der Waals surface area contributed by atoms with E-state index >= 15 is 0 Å². The van der Waals surface area contributed by atoms with Crippen LogP contribution in [-0.4, -0.2) is 35.4 Å². The van der Waals surface area contributed by atoms with Gasteiger partial charge >= 0.3 is 0 Å². The standard InChI is InChI=1S/C31H32N4O3/c1-19-13-20(2)15-23(14-19)31(37)34-24-8-5-21(3)27(16-24)29-12-11-26(28(32)18-36)30(35-29)33-17-22-6-9-25(38-4)10-7-22/h5-16,32,36H,17-18H2,1-4H3,(H,33,35)(H,34,37). The first-order valence-corrected chi connectivity index (χ1v) is 12.3. The summed E-state index contributed by atoms with van der Waals surface area (Å²) in [6, 6.07) is 22.8. The molecule has 1 heterocycles. The maximum absolute atomic E-state index is 12.9. The van der Waals surface area contributed by atoms with E-state index < -0.39 is 6.61 Å². The summed E-state index contributed by atoms with van der Waals surface area (Å²) in [5, 5.41) is 24.1. The number of aliphatic hydroxyl groups excluding tert-OH is 1. The first-order valence-electron chi connectivity index (χ1n) is 12.3. The number of anilines is 2. The number of pyridine rings is 1. The van der Waals surface area contributed by atoms with E-state index in [0.29, 0.717) is 34.9 Å². The van der Waals surface area contributed by atoms with Crippen LogP contribution >= 0.6 is 0 Å². The summed E-state index contributed by atoms with van der Waals surface area (Å²) in [7, 11) is 1.63. The number of amides is 1. The summed E-state index contributed by atoms with van der Waals surface area (Å²) in [5.41, 5.74) is 7.51. The van der Waals surface area contributed by atoms with E-state index in [1.807, 2.05) is 87.5 Å². The number of benzene rings is 3. The van der Waals surface area contributed by atoms with Crippen LogP contribution in [0.4, 0.5) is 11.5 Å². The molecule has 7 nitrogen and oxygen atoms in total. The Balaban J connectivity index is 1.62. The lowest BCUT2D eigenvalue weighted by Crippen LogP contribution is -2.13. The van der Waals surface area contributed by atoms with Crippen molar-refractivity contribution in [1.82, 2.24) is 4.98 Å². The molecule has 0 aliphatic rings. The van der Waals surface area contributed by atoms with Crippen molar-refractivity contribution in [2.24, 2.45) is 0 Å². The minimum Gasteiger partial charge on any atom is -0.497 e.